The van der Waals surface area contributed by atoms with Gasteiger partial charge >= 0.3 is 0 Å². The van der Waals surface area contributed by atoms with E-state index in [1.807, 2.05) is 60.9 Å². The Bertz CT molecular complexity index is 770. The van der Waals surface area contributed by atoms with Gasteiger partial charge in [-0.2, -0.15) is 0 Å². The Kier molecular flexibility index (Phi) is 5.20. The van der Waals surface area contributed by atoms with Gasteiger partial charge in [0.05, 0.1) is 0 Å². The molecule has 0 unspecified atom stereocenters. The quantitative estimate of drug-likeness (QED) is 0.762. The van der Waals surface area contributed by atoms with Crippen molar-refractivity contribution in [3.05, 3.63) is 71.4 Å². The molecule has 0 saturated carbocycles. The summed E-state index contributed by atoms with van der Waals surface area (Å²) in [5, 5.41) is -0.00930. The molecule has 0 N–H and O–H groups in total. The molecule has 0 atom stereocenters. The highest BCUT2D eigenvalue weighted by molar-refractivity contribution is 8.45. The van der Waals surface area contributed by atoms with E-state index in [1.165, 1.54) is 23.5 Å². The van der Waals surface area contributed by atoms with Crippen molar-refractivity contribution in [3.63, 3.8) is 0 Å². The van der Waals surface area contributed by atoms with Crippen molar-refractivity contribution >= 4 is 39.1 Å². The third-order valence-corrected chi connectivity index (χ3v) is 5.04. The number of thioether (sulfide) groups is 2. The molecule has 116 valence electrons. The highest BCUT2D eigenvalue weighted by atomic mass is 32.2. The Balaban J connectivity index is 1.73. The molecule has 0 saturated heterocycles. The zero-order valence-corrected chi connectivity index (χ0v) is 14.2. The zero-order chi connectivity index (χ0) is 16.1. The summed E-state index contributed by atoms with van der Waals surface area (Å²) in [4.78, 5) is 16.2. The lowest BCUT2D eigenvalue weighted by atomic mass is 10.2. The van der Waals surface area contributed by atoms with Gasteiger partial charge in [0.1, 0.15) is 22.4 Å². The van der Waals surface area contributed by atoms with E-state index in [2.05, 4.69) is 4.99 Å². The van der Waals surface area contributed by atoms with Crippen molar-refractivity contribution in [3.8, 4) is 5.75 Å². The molecule has 0 bridgehead atoms. The predicted octanol–water partition coefficient (Wildman–Crippen LogP) is 4.60. The average Bonchev–Trinajstić information content (AvgIpc) is 2.94. The second-order valence-corrected chi connectivity index (χ2v) is 6.86. The minimum absolute atomic E-state index is 0.00930. The van der Waals surface area contributed by atoms with E-state index in [9.17, 15) is 4.79 Å². The first-order valence-corrected chi connectivity index (χ1v) is 9.12. The summed E-state index contributed by atoms with van der Waals surface area (Å²) in [6.45, 7) is 0.518. The average molecular weight is 341 g/mol. The molecule has 2 aromatic rings. The fourth-order valence-electron chi connectivity index (χ4n) is 2.07. The van der Waals surface area contributed by atoms with Crippen LogP contribution in [0.2, 0.25) is 0 Å². The van der Waals surface area contributed by atoms with E-state index in [1.54, 1.807) is 6.08 Å². The zero-order valence-electron chi connectivity index (χ0n) is 12.6. The standard InChI is InChI=1S/C18H15NO2S2/c1-22-18-19-16(17(20)23-18)11-14-8-5-9-15(10-14)21-12-13-6-3-2-4-7-13/h2-11H,12H2,1H3/b16-11-. The summed E-state index contributed by atoms with van der Waals surface area (Å²) in [5.74, 6) is 0.773. The lowest BCUT2D eigenvalue weighted by Crippen LogP contribution is -1.95. The molecular weight excluding hydrogens is 326 g/mol. The van der Waals surface area contributed by atoms with Crippen molar-refractivity contribution in [2.24, 2.45) is 4.99 Å². The molecule has 3 rings (SSSR count). The number of rotatable bonds is 4. The van der Waals surface area contributed by atoms with Gasteiger partial charge in [-0.1, -0.05) is 42.5 Å². The first-order valence-electron chi connectivity index (χ1n) is 7.08. The molecule has 0 spiro atoms. The second kappa shape index (κ2) is 7.53. The number of carbonyl (C=O) groups is 1. The van der Waals surface area contributed by atoms with Gasteiger partial charge < -0.3 is 4.74 Å². The number of aliphatic imine (C=N–C) groups is 1. The monoisotopic (exact) mass is 341 g/mol. The fraction of sp³-hybridized carbons (Fsp3) is 0.111. The molecule has 0 amide bonds. The van der Waals surface area contributed by atoms with Crippen molar-refractivity contribution in [2.45, 2.75) is 6.61 Å². The number of carbonyl (C=O) groups excluding carboxylic acids is 1. The Morgan fingerprint density at radius 1 is 1.17 bits per heavy atom. The van der Waals surface area contributed by atoms with Crippen molar-refractivity contribution in [1.82, 2.24) is 0 Å². The van der Waals surface area contributed by atoms with Gasteiger partial charge in [0.25, 0.3) is 0 Å². The summed E-state index contributed by atoms with van der Waals surface area (Å²) in [6.07, 6.45) is 3.72. The van der Waals surface area contributed by atoms with Gasteiger partial charge in [-0.05, 0) is 47.4 Å². The number of nitrogens with zero attached hydrogens (tertiary/aromatic N) is 1. The second-order valence-electron chi connectivity index (χ2n) is 4.85. The molecule has 2 aromatic carbocycles. The molecule has 0 aliphatic carbocycles. The number of hydrogen-bond donors (Lipinski definition) is 0. The van der Waals surface area contributed by atoms with Crippen LogP contribution in [0, 0.1) is 0 Å². The molecule has 0 aromatic heterocycles. The van der Waals surface area contributed by atoms with Crippen molar-refractivity contribution < 1.29 is 9.53 Å². The molecule has 1 aliphatic heterocycles. The maximum atomic E-state index is 11.9. The van der Waals surface area contributed by atoms with Gasteiger partial charge in [-0.15, -0.1) is 11.8 Å². The van der Waals surface area contributed by atoms with E-state index in [4.69, 9.17) is 4.74 Å². The summed E-state index contributed by atoms with van der Waals surface area (Å²) >= 11 is 2.67. The third kappa shape index (κ3) is 4.27. The van der Waals surface area contributed by atoms with Crippen LogP contribution in [0.3, 0.4) is 0 Å². The van der Waals surface area contributed by atoms with Crippen LogP contribution < -0.4 is 4.74 Å². The largest absolute Gasteiger partial charge is 0.489 e. The first-order chi connectivity index (χ1) is 11.2. The van der Waals surface area contributed by atoms with Crippen LogP contribution in [0.25, 0.3) is 6.08 Å². The molecular formula is C18H15NO2S2. The van der Waals surface area contributed by atoms with E-state index in [0.29, 0.717) is 12.3 Å². The molecule has 3 nitrogen and oxygen atoms in total. The maximum Gasteiger partial charge on any atom is 0.244 e. The van der Waals surface area contributed by atoms with Gasteiger partial charge in [-0.3, -0.25) is 4.79 Å². The smallest absolute Gasteiger partial charge is 0.244 e. The Morgan fingerprint density at radius 2 is 2.00 bits per heavy atom. The van der Waals surface area contributed by atoms with E-state index >= 15 is 0 Å². The van der Waals surface area contributed by atoms with Crippen LogP contribution >= 0.6 is 23.5 Å². The Morgan fingerprint density at radius 3 is 2.74 bits per heavy atom. The summed E-state index contributed by atoms with van der Waals surface area (Å²) in [7, 11) is 0. The first kappa shape index (κ1) is 15.9. The lowest BCUT2D eigenvalue weighted by Gasteiger charge is -2.07. The topological polar surface area (TPSA) is 38.7 Å². The number of ether oxygens (including phenoxy) is 1. The highest BCUT2D eigenvalue weighted by Gasteiger charge is 2.21. The molecule has 5 heteroatoms. The molecule has 23 heavy (non-hydrogen) atoms. The van der Waals surface area contributed by atoms with Crippen molar-refractivity contribution in [1.29, 1.82) is 0 Å². The van der Waals surface area contributed by atoms with Crippen LogP contribution in [-0.4, -0.2) is 15.7 Å². The molecule has 1 heterocycles. The SMILES string of the molecule is CSC1=N/C(=C\c2cccc(OCc3ccccc3)c2)C(=O)S1. The minimum Gasteiger partial charge on any atom is -0.489 e. The van der Waals surface area contributed by atoms with Gasteiger partial charge in [0.15, 0.2) is 0 Å². The fourth-order valence-corrected chi connectivity index (χ4v) is 3.33. The summed E-state index contributed by atoms with van der Waals surface area (Å²) in [5.41, 5.74) is 2.51. The van der Waals surface area contributed by atoms with E-state index < -0.39 is 0 Å². The molecule has 0 radical (unpaired) electrons. The van der Waals surface area contributed by atoms with Crippen LogP contribution in [0.4, 0.5) is 0 Å². The molecule has 0 fully saturated rings. The number of hydrogen-bond acceptors (Lipinski definition) is 5. The maximum absolute atomic E-state index is 11.9. The summed E-state index contributed by atoms with van der Waals surface area (Å²) < 4.78 is 6.60. The van der Waals surface area contributed by atoms with Gasteiger partial charge in [0.2, 0.25) is 5.12 Å². The summed E-state index contributed by atoms with van der Waals surface area (Å²) in [6, 6.07) is 17.7. The van der Waals surface area contributed by atoms with Crippen molar-refractivity contribution in [2.75, 3.05) is 6.26 Å². The third-order valence-electron chi connectivity index (χ3n) is 3.19. The normalized spacial score (nSPS) is 15.8. The van der Waals surface area contributed by atoms with Crippen LogP contribution in [0.1, 0.15) is 11.1 Å². The Hall–Kier alpha value is -1.98. The van der Waals surface area contributed by atoms with E-state index in [0.717, 1.165) is 21.3 Å². The van der Waals surface area contributed by atoms with E-state index in [-0.39, 0.29) is 5.12 Å². The Labute approximate surface area is 143 Å². The van der Waals surface area contributed by atoms with Crippen LogP contribution in [0.15, 0.2) is 65.3 Å². The minimum atomic E-state index is -0.00930. The van der Waals surface area contributed by atoms with Gasteiger partial charge in [-0.25, -0.2) is 4.99 Å². The molecule has 1 aliphatic rings. The van der Waals surface area contributed by atoms with Gasteiger partial charge in [0, 0.05) is 0 Å². The lowest BCUT2D eigenvalue weighted by molar-refractivity contribution is -0.107. The highest BCUT2D eigenvalue weighted by Crippen LogP contribution is 2.30. The van der Waals surface area contributed by atoms with Crippen LogP contribution in [-0.2, 0) is 11.4 Å². The predicted molar refractivity (Wildman–Crippen MR) is 98.7 cm³/mol. The van der Waals surface area contributed by atoms with Crippen LogP contribution in [0.5, 0.6) is 5.75 Å². The number of benzene rings is 2.